The summed E-state index contributed by atoms with van der Waals surface area (Å²) in [7, 11) is 0. The lowest BCUT2D eigenvalue weighted by Gasteiger charge is -2.39. The number of benzene rings is 2. The molecule has 2 aliphatic rings. The number of anilines is 1. The van der Waals surface area contributed by atoms with Crippen LogP contribution in [-0.4, -0.2) is 44.5 Å². The molecule has 33 heavy (non-hydrogen) atoms. The Morgan fingerprint density at radius 3 is 2.39 bits per heavy atom. The van der Waals surface area contributed by atoms with Crippen molar-refractivity contribution >= 4 is 64.7 Å². The lowest BCUT2D eigenvalue weighted by molar-refractivity contribution is -0.706. The van der Waals surface area contributed by atoms with Crippen LogP contribution in [0.1, 0.15) is 41.6 Å². The third kappa shape index (κ3) is 4.81. The van der Waals surface area contributed by atoms with Crippen molar-refractivity contribution in [2.75, 3.05) is 5.32 Å². The first-order valence-corrected chi connectivity index (χ1v) is 11.4. The second-order valence-electron chi connectivity index (χ2n) is 8.80. The van der Waals surface area contributed by atoms with E-state index in [0.717, 1.165) is 10.3 Å². The standard InChI is InChI=1S/C23H21Cl3FN3O3/c1-22(27)10-14(11-22)29-20(31)16-9-13(5-8-17(16)24)28-21(32)19-18(23(19,25)26)12-3-6-15(7-4-12)30(2)33/h3-9,14,18-19H,2,10-11H2,1H3,(H2-,28,29,31,32,33)/p+1. The zero-order valence-corrected chi connectivity index (χ0v) is 19.9. The van der Waals surface area contributed by atoms with Gasteiger partial charge in [0.2, 0.25) is 5.91 Å². The molecule has 0 aliphatic heterocycles. The summed E-state index contributed by atoms with van der Waals surface area (Å²) in [6, 6.07) is 11.0. The molecule has 0 aromatic heterocycles. The van der Waals surface area contributed by atoms with E-state index in [2.05, 4.69) is 17.4 Å². The smallest absolute Gasteiger partial charge is 0.256 e. The van der Waals surface area contributed by atoms with Gasteiger partial charge in [0.1, 0.15) is 10.0 Å². The van der Waals surface area contributed by atoms with Crippen LogP contribution in [0.15, 0.2) is 42.5 Å². The van der Waals surface area contributed by atoms with Crippen LogP contribution in [-0.2, 0) is 4.79 Å². The minimum absolute atomic E-state index is 0.176. The quantitative estimate of drug-likeness (QED) is 0.163. The van der Waals surface area contributed by atoms with Crippen molar-refractivity contribution < 1.29 is 23.9 Å². The minimum atomic E-state index is -1.30. The largest absolute Gasteiger partial charge is 0.349 e. The number of nitrogens with zero attached hydrogens (tertiary/aromatic N) is 1. The van der Waals surface area contributed by atoms with E-state index in [-0.39, 0.29) is 29.5 Å². The molecule has 2 amide bonds. The summed E-state index contributed by atoms with van der Waals surface area (Å²) in [5.74, 6) is -2.01. The Labute approximate surface area is 205 Å². The maximum Gasteiger partial charge on any atom is 0.256 e. The topological polar surface area (TPSA) is 81.4 Å². The van der Waals surface area contributed by atoms with E-state index in [9.17, 15) is 19.2 Å². The van der Waals surface area contributed by atoms with Crippen LogP contribution in [0.5, 0.6) is 0 Å². The molecule has 0 bridgehead atoms. The predicted octanol–water partition coefficient (Wildman–Crippen LogP) is 5.22. The molecule has 2 saturated carbocycles. The maximum atomic E-state index is 13.7. The molecule has 2 aromatic rings. The van der Waals surface area contributed by atoms with Crippen LogP contribution in [0.4, 0.5) is 15.8 Å². The Kier molecular flexibility index (Phi) is 6.10. The second-order valence-corrected chi connectivity index (χ2v) is 10.6. The summed E-state index contributed by atoms with van der Waals surface area (Å²) in [6.07, 6.45) is 0.491. The highest BCUT2D eigenvalue weighted by molar-refractivity contribution is 6.53. The third-order valence-corrected chi connectivity index (χ3v) is 7.31. The number of alkyl halides is 3. The van der Waals surface area contributed by atoms with Gasteiger partial charge in [-0.1, -0.05) is 23.7 Å². The van der Waals surface area contributed by atoms with Crippen molar-refractivity contribution in [3.8, 4) is 0 Å². The summed E-state index contributed by atoms with van der Waals surface area (Å²) < 4.78 is 13.1. The molecule has 3 N–H and O–H groups in total. The Hall–Kier alpha value is -2.35. The van der Waals surface area contributed by atoms with Crippen molar-refractivity contribution in [3.63, 3.8) is 0 Å². The van der Waals surface area contributed by atoms with Gasteiger partial charge in [-0.15, -0.1) is 23.2 Å². The molecule has 0 radical (unpaired) electrons. The lowest BCUT2D eigenvalue weighted by Crippen LogP contribution is -2.51. The van der Waals surface area contributed by atoms with Crippen LogP contribution in [0.25, 0.3) is 0 Å². The number of nitrogens with one attached hydrogen (secondary N) is 2. The predicted molar refractivity (Wildman–Crippen MR) is 126 cm³/mol. The SMILES string of the molecule is C=[N+](O)c1ccc(C2C(C(=O)Nc3ccc(Cl)c(C(=O)NC4CC(C)(F)C4)c3)C2(Cl)Cl)cc1. The molecular weight excluding hydrogens is 492 g/mol. The van der Waals surface area contributed by atoms with E-state index in [4.69, 9.17) is 34.8 Å². The van der Waals surface area contributed by atoms with E-state index in [0.29, 0.717) is 11.4 Å². The van der Waals surface area contributed by atoms with Crippen molar-refractivity contribution in [2.45, 2.75) is 41.7 Å². The van der Waals surface area contributed by atoms with E-state index in [1.807, 2.05) is 0 Å². The van der Waals surface area contributed by atoms with Crippen LogP contribution in [0.2, 0.25) is 5.02 Å². The summed E-state index contributed by atoms with van der Waals surface area (Å²) in [4.78, 5) is 25.5. The van der Waals surface area contributed by atoms with Gasteiger partial charge in [0.15, 0.2) is 6.72 Å². The minimum Gasteiger partial charge on any atom is -0.349 e. The number of halogens is 4. The van der Waals surface area contributed by atoms with Gasteiger partial charge in [-0.05, 0) is 30.7 Å². The van der Waals surface area contributed by atoms with Crippen molar-refractivity contribution in [3.05, 3.63) is 58.6 Å². The number of carbonyl (C=O) groups is 2. The summed E-state index contributed by atoms with van der Waals surface area (Å²) in [5, 5.41) is 15.1. The van der Waals surface area contributed by atoms with Crippen molar-refractivity contribution in [1.29, 1.82) is 0 Å². The Morgan fingerprint density at radius 2 is 1.82 bits per heavy atom. The zero-order valence-electron chi connectivity index (χ0n) is 17.6. The monoisotopic (exact) mass is 512 g/mol. The number of hydrogen-bond donors (Lipinski definition) is 3. The molecule has 4 rings (SSSR count). The second kappa shape index (κ2) is 8.46. The van der Waals surface area contributed by atoms with Crippen LogP contribution >= 0.6 is 34.8 Å². The molecule has 10 heteroatoms. The first-order chi connectivity index (χ1) is 15.4. The highest BCUT2D eigenvalue weighted by Crippen LogP contribution is 2.65. The van der Waals surface area contributed by atoms with Gasteiger partial charge in [-0.3, -0.25) is 14.8 Å². The molecule has 2 aliphatic carbocycles. The molecule has 0 heterocycles. The Morgan fingerprint density at radius 1 is 1.18 bits per heavy atom. The van der Waals surface area contributed by atoms with Crippen LogP contribution in [0.3, 0.4) is 0 Å². The average Bonchev–Trinajstić information content (AvgIpc) is 3.30. The van der Waals surface area contributed by atoms with Gasteiger partial charge < -0.3 is 10.6 Å². The van der Waals surface area contributed by atoms with Crippen LogP contribution in [0, 0.1) is 5.92 Å². The normalized spacial score (nSPS) is 27.2. The molecule has 0 spiro atoms. The van der Waals surface area contributed by atoms with E-state index >= 15 is 0 Å². The van der Waals surface area contributed by atoms with Crippen molar-refractivity contribution in [1.82, 2.24) is 5.32 Å². The molecule has 2 fully saturated rings. The molecule has 6 nitrogen and oxygen atoms in total. The van der Waals surface area contributed by atoms with Gasteiger partial charge in [0.05, 0.1) is 16.5 Å². The Balaban J connectivity index is 1.44. The van der Waals surface area contributed by atoms with Gasteiger partial charge >= 0.3 is 0 Å². The summed E-state index contributed by atoms with van der Waals surface area (Å²) in [6.45, 7) is 4.89. The van der Waals surface area contributed by atoms with Crippen LogP contribution < -0.4 is 10.6 Å². The number of carbonyl (C=O) groups excluding carboxylic acids is 2. The third-order valence-electron chi connectivity index (χ3n) is 6.04. The first kappa shape index (κ1) is 23.8. The number of rotatable bonds is 6. The van der Waals surface area contributed by atoms with Crippen molar-refractivity contribution in [2.24, 2.45) is 5.92 Å². The van der Waals surface area contributed by atoms with Gasteiger partial charge in [-0.25, -0.2) is 4.39 Å². The Bertz CT molecular complexity index is 1130. The molecule has 0 saturated heterocycles. The van der Waals surface area contributed by atoms with Gasteiger partial charge in [0, 0.05) is 47.4 Å². The fraction of sp³-hybridized carbons (Fsp3) is 0.348. The lowest BCUT2D eigenvalue weighted by atomic mass is 9.79. The van der Waals surface area contributed by atoms with E-state index in [1.54, 1.807) is 30.3 Å². The fourth-order valence-electron chi connectivity index (χ4n) is 4.25. The molecule has 2 atom stereocenters. The zero-order chi connectivity index (χ0) is 24.1. The molecule has 2 unspecified atom stereocenters. The number of hydrogen-bond acceptors (Lipinski definition) is 3. The van der Waals surface area contributed by atoms with Gasteiger partial charge in [-0.2, -0.15) is 0 Å². The van der Waals surface area contributed by atoms with E-state index in [1.165, 1.54) is 19.1 Å². The fourth-order valence-corrected chi connectivity index (χ4v) is 5.28. The molecule has 174 valence electrons. The highest BCUT2D eigenvalue weighted by Gasteiger charge is 2.67. The molecular formula is C23H22Cl3FN3O3+. The summed E-state index contributed by atoms with van der Waals surface area (Å²) in [5.41, 5.74) is 0.479. The highest BCUT2D eigenvalue weighted by atomic mass is 35.5. The average molecular weight is 514 g/mol. The molecule has 2 aromatic carbocycles. The summed E-state index contributed by atoms with van der Waals surface area (Å²) >= 11 is 19.0. The van der Waals surface area contributed by atoms with E-state index < -0.39 is 33.7 Å². The number of amides is 2. The maximum absolute atomic E-state index is 13.7. The first-order valence-electron chi connectivity index (χ1n) is 10.3. The van der Waals surface area contributed by atoms with Gasteiger partial charge in [0.25, 0.3) is 11.6 Å².